The van der Waals surface area contributed by atoms with Crippen LogP contribution in [0.5, 0.6) is 0 Å². The molecule has 0 saturated heterocycles. The van der Waals surface area contributed by atoms with E-state index in [1.807, 2.05) is 20.8 Å². The largest absolute Gasteiger partial charge is 0.449 e. The molecule has 0 aromatic heterocycles. The molecule has 2 rings (SSSR count). The van der Waals surface area contributed by atoms with Gasteiger partial charge in [-0.05, 0) is 44.4 Å². The van der Waals surface area contributed by atoms with Crippen molar-refractivity contribution in [3.63, 3.8) is 0 Å². The van der Waals surface area contributed by atoms with Crippen molar-refractivity contribution >= 4 is 12.0 Å². The van der Waals surface area contributed by atoms with E-state index >= 15 is 0 Å². The van der Waals surface area contributed by atoms with Gasteiger partial charge in [-0.25, -0.2) is 4.79 Å². The summed E-state index contributed by atoms with van der Waals surface area (Å²) in [4.78, 5) is 37.1. The smallest absolute Gasteiger partial charge is 0.407 e. The Hall–Kier alpha value is -1.89. The SMILES string of the molecule is CCCC[C@H](NC(=O)[C@H](CC(C)C)NC(=O)OCC1CCCCC1)C(O)c1c(C)c1=O. The summed E-state index contributed by atoms with van der Waals surface area (Å²) in [6.07, 6.45) is 6.90. The van der Waals surface area contributed by atoms with Gasteiger partial charge in [-0.1, -0.05) is 52.9 Å². The van der Waals surface area contributed by atoms with Crippen LogP contribution in [0.1, 0.15) is 95.8 Å². The Kier molecular flexibility index (Phi) is 10.0. The lowest BCUT2D eigenvalue weighted by Crippen LogP contribution is -2.51. The second kappa shape index (κ2) is 12.2. The molecule has 31 heavy (non-hydrogen) atoms. The van der Waals surface area contributed by atoms with Gasteiger partial charge in [0.25, 0.3) is 0 Å². The van der Waals surface area contributed by atoms with E-state index in [-0.39, 0.29) is 17.3 Å². The van der Waals surface area contributed by atoms with Gasteiger partial charge in [0.15, 0.2) is 5.43 Å². The van der Waals surface area contributed by atoms with Crippen LogP contribution in [0.15, 0.2) is 4.79 Å². The van der Waals surface area contributed by atoms with Gasteiger partial charge in [-0.15, -0.1) is 0 Å². The minimum Gasteiger partial charge on any atom is -0.449 e. The zero-order valence-electron chi connectivity index (χ0n) is 19.5. The fourth-order valence-electron chi connectivity index (χ4n) is 4.28. The van der Waals surface area contributed by atoms with Gasteiger partial charge in [-0.3, -0.25) is 9.59 Å². The molecule has 1 unspecified atom stereocenters. The maximum Gasteiger partial charge on any atom is 0.407 e. The van der Waals surface area contributed by atoms with Crippen molar-refractivity contribution in [2.75, 3.05) is 6.61 Å². The normalized spacial score (nSPS) is 18.0. The van der Waals surface area contributed by atoms with Crippen molar-refractivity contribution < 1.29 is 19.4 Å². The second-order valence-electron chi connectivity index (χ2n) is 9.50. The van der Waals surface area contributed by atoms with Crippen LogP contribution in [0, 0.1) is 18.8 Å². The Morgan fingerprint density at radius 1 is 1.16 bits per heavy atom. The number of unbranched alkanes of at least 4 members (excludes halogenated alkanes) is 1. The summed E-state index contributed by atoms with van der Waals surface area (Å²) in [6.45, 7) is 8.06. The molecule has 3 N–H and O–H groups in total. The van der Waals surface area contributed by atoms with Crippen LogP contribution in [0.4, 0.5) is 4.79 Å². The molecule has 1 saturated carbocycles. The second-order valence-corrected chi connectivity index (χ2v) is 9.50. The summed E-state index contributed by atoms with van der Waals surface area (Å²) < 4.78 is 5.41. The lowest BCUT2D eigenvalue weighted by atomic mass is 9.90. The number of nitrogens with one attached hydrogen (secondary N) is 2. The molecule has 7 nitrogen and oxygen atoms in total. The van der Waals surface area contributed by atoms with Crippen LogP contribution >= 0.6 is 0 Å². The van der Waals surface area contributed by atoms with E-state index in [9.17, 15) is 19.5 Å². The minimum atomic E-state index is -1.01. The molecule has 1 aliphatic rings. The molecule has 3 atom stereocenters. The van der Waals surface area contributed by atoms with Crippen LogP contribution < -0.4 is 16.1 Å². The van der Waals surface area contributed by atoms with Crippen LogP contribution in [-0.2, 0) is 9.53 Å². The Morgan fingerprint density at radius 2 is 1.81 bits per heavy atom. The molecule has 1 aliphatic carbocycles. The third-order valence-electron chi connectivity index (χ3n) is 6.29. The average Bonchev–Trinajstić information content (AvgIpc) is 3.34. The first-order valence-corrected chi connectivity index (χ1v) is 11.9. The molecular formula is C24H40N2O5. The fourth-order valence-corrected chi connectivity index (χ4v) is 4.28. The maximum atomic E-state index is 13.0. The van der Waals surface area contributed by atoms with Gasteiger partial charge in [0.2, 0.25) is 5.91 Å². The van der Waals surface area contributed by atoms with Crippen LogP contribution in [0.3, 0.4) is 0 Å². The summed E-state index contributed by atoms with van der Waals surface area (Å²) in [5.74, 6) is 0.233. The predicted octanol–water partition coefficient (Wildman–Crippen LogP) is 3.66. The van der Waals surface area contributed by atoms with Crippen LogP contribution in [0.2, 0.25) is 0 Å². The number of rotatable bonds is 12. The lowest BCUT2D eigenvalue weighted by molar-refractivity contribution is -0.125. The Morgan fingerprint density at radius 3 is 2.35 bits per heavy atom. The van der Waals surface area contributed by atoms with E-state index in [2.05, 4.69) is 10.6 Å². The zero-order valence-corrected chi connectivity index (χ0v) is 19.5. The maximum absolute atomic E-state index is 13.0. The third kappa shape index (κ3) is 7.95. The van der Waals surface area contributed by atoms with Crippen LogP contribution in [-0.4, -0.2) is 35.8 Å². The van der Waals surface area contributed by atoms with Crippen molar-refractivity contribution in [3.8, 4) is 0 Å². The highest BCUT2D eigenvalue weighted by atomic mass is 16.5. The van der Waals surface area contributed by atoms with E-state index in [0.717, 1.165) is 25.7 Å². The van der Waals surface area contributed by atoms with Crippen molar-refractivity contribution in [2.24, 2.45) is 11.8 Å². The minimum absolute atomic E-state index is 0.119. The van der Waals surface area contributed by atoms with E-state index in [0.29, 0.717) is 36.5 Å². The number of alkyl carbamates (subject to hydrolysis) is 1. The molecule has 2 amide bonds. The molecule has 0 spiro atoms. The summed E-state index contributed by atoms with van der Waals surface area (Å²) in [7, 11) is 0. The summed E-state index contributed by atoms with van der Waals surface area (Å²) in [6, 6.07) is -1.31. The number of aliphatic hydroxyl groups excluding tert-OH is 1. The predicted molar refractivity (Wildman–Crippen MR) is 121 cm³/mol. The van der Waals surface area contributed by atoms with E-state index < -0.39 is 24.3 Å². The van der Waals surface area contributed by atoms with E-state index in [1.54, 1.807) is 6.92 Å². The van der Waals surface area contributed by atoms with Gasteiger partial charge in [0, 0.05) is 11.1 Å². The lowest BCUT2D eigenvalue weighted by Gasteiger charge is -2.27. The van der Waals surface area contributed by atoms with E-state index in [4.69, 9.17) is 4.74 Å². The first-order valence-electron chi connectivity index (χ1n) is 11.9. The summed E-state index contributed by atoms with van der Waals surface area (Å²) in [5.41, 5.74) is 0.861. The highest BCUT2D eigenvalue weighted by Crippen LogP contribution is 2.25. The van der Waals surface area contributed by atoms with Crippen LogP contribution in [0.25, 0.3) is 0 Å². The molecule has 0 bridgehead atoms. The van der Waals surface area contributed by atoms with Gasteiger partial charge in [0.05, 0.1) is 12.6 Å². The first-order chi connectivity index (χ1) is 14.7. The summed E-state index contributed by atoms with van der Waals surface area (Å²) in [5, 5.41) is 16.2. The third-order valence-corrected chi connectivity index (χ3v) is 6.29. The molecule has 0 heterocycles. The summed E-state index contributed by atoms with van der Waals surface area (Å²) >= 11 is 0. The molecule has 0 radical (unpaired) electrons. The molecule has 0 aliphatic heterocycles. The van der Waals surface area contributed by atoms with Gasteiger partial charge in [-0.2, -0.15) is 0 Å². The molecule has 1 aromatic rings. The zero-order chi connectivity index (χ0) is 23.0. The molecule has 1 aromatic carbocycles. The number of carbonyl (C=O) groups excluding carboxylic acids is 2. The van der Waals surface area contributed by atoms with E-state index in [1.165, 1.54) is 19.3 Å². The number of aliphatic hydroxyl groups is 1. The number of carbonyl (C=O) groups is 2. The standard InChI is InChI=1S/C24H40N2O5/c1-5-6-12-18(22(28)20-16(4)21(20)27)25-23(29)19(13-15(2)3)26-24(30)31-14-17-10-8-7-9-11-17/h15,17-19,22,28H,5-14H2,1-4H3,(H,25,29)(H,26,30)/t18-,19-,22?/m0/s1. The molecule has 176 valence electrons. The van der Waals surface area contributed by atoms with Gasteiger partial charge < -0.3 is 20.5 Å². The Balaban J connectivity index is 1.96. The fraction of sp³-hybridized carbons (Fsp3) is 0.792. The first kappa shape index (κ1) is 25.4. The number of hydrogen-bond donors (Lipinski definition) is 3. The average molecular weight is 437 g/mol. The number of hydrogen-bond acceptors (Lipinski definition) is 5. The number of amides is 2. The van der Waals surface area contributed by atoms with Gasteiger partial charge >= 0.3 is 6.09 Å². The quantitative estimate of drug-likeness (QED) is 0.464. The Bertz CT molecular complexity index is 716. The van der Waals surface area contributed by atoms with Gasteiger partial charge in [0.1, 0.15) is 12.1 Å². The highest BCUT2D eigenvalue weighted by molar-refractivity contribution is 5.85. The number of ether oxygens (including phenoxy) is 1. The monoisotopic (exact) mass is 436 g/mol. The van der Waals surface area contributed by atoms with Crippen molar-refractivity contribution in [3.05, 3.63) is 21.4 Å². The van der Waals surface area contributed by atoms with Crippen molar-refractivity contribution in [1.82, 2.24) is 10.6 Å². The molecule has 7 heteroatoms. The molecule has 1 fully saturated rings. The Labute approximate surface area is 186 Å². The highest BCUT2D eigenvalue weighted by Gasteiger charge is 2.34. The van der Waals surface area contributed by atoms with Crippen molar-refractivity contribution in [2.45, 2.75) is 104 Å². The molecular weight excluding hydrogens is 396 g/mol. The topological polar surface area (TPSA) is 105 Å². The van der Waals surface area contributed by atoms with Crippen molar-refractivity contribution in [1.29, 1.82) is 0 Å².